The third-order valence-electron chi connectivity index (χ3n) is 3.10. The van der Waals surface area contributed by atoms with Gasteiger partial charge in [0.2, 0.25) is 0 Å². The molecule has 0 atom stereocenters. The van der Waals surface area contributed by atoms with E-state index < -0.39 is 0 Å². The van der Waals surface area contributed by atoms with Gasteiger partial charge in [0.15, 0.2) is 0 Å². The Labute approximate surface area is 127 Å². The molecule has 0 unspecified atom stereocenters. The molecule has 3 nitrogen and oxygen atoms in total. The summed E-state index contributed by atoms with van der Waals surface area (Å²) in [4.78, 5) is 15.1. The van der Waals surface area contributed by atoms with E-state index in [-0.39, 0.29) is 5.91 Å². The monoisotopic (exact) mass is 341 g/mol. The standard InChI is InChI=1S/C14H16BrNO2S/c1-18-9-10-4-6-16(7-5-10)14(17)12-8-11(19)2-3-13(12)15/h2-4,8,19H,5-7,9H2,1H3. The molecule has 1 aliphatic rings. The molecule has 0 saturated carbocycles. The average molecular weight is 342 g/mol. The SMILES string of the molecule is COCC1=CCN(C(=O)c2cc(S)ccc2Br)CC1. The highest BCUT2D eigenvalue weighted by molar-refractivity contribution is 9.10. The van der Waals surface area contributed by atoms with Crippen molar-refractivity contribution < 1.29 is 9.53 Å². The molecule has 0 fully saturated rings. The van der Waals surface area contributed by atoms with Crippen LogP contribution in [0.5, 0.6) is 0 Å². The van der Waals surface area contributed by atoms with Gasteiger partial charge in [-0.15, -0.1) is 12.6 Å². The van der Waals surface area contributed by atoms with Crippen LogP contribution in [0.1, 0.15) is 16.8 Å². The molecule has 1 heterocycles. The van der Waals surface area contributed by atoms with Crippen LogP contribution in [0, 0.1) is 0 Å². The first-order valence-electron chi connectivity index (χ1n) is 6.06. The summed E-state index contributed by atoms with van der Waals surface area (Å²) in [6.45, 7) is 2.02. The summed E-state index contributed by atoms with van der Waals surface area (Å²) >= 11 is 7.70. The smallest absolute Gasteiger partial charge is 0.255 e. The summed E-state index contributed by atoms with van der Waals surface area (Å²) in [6, 6.07) is 5.51. The predicted molar refractivity (Wildman–Crippen MR) is 81.9 cm³/mol. The summed E-state index contributed by atoms with van der Waals surface area (Å²) in [5.41, 5.74) is 1.92. The molecular weight excluding hydrogens is 326 g/mol. The summed E-state index contributed by atoms with van der Waals surface area (Å²) in [5.74, 6) is 0.0375. The number of rotatable bonds is 3. The lowest BCUT2D eigenvalue weighted by atomic mass is 10.1. The molecule has 5 heteroatoms. The molecule has 0 bridgehead atoms. The Morgan fingerprint density at radius 2 is 2.32 bits per heavy atom. The van der Waals surface area contributed by atoms with Gasteiger partial charge >= 0.3 is 0 Å². The molecule has 0 aliphatic carbocycles. The number of benzene rings is 1. The lowest BCUT2D eigenvalue weighted by Gasteiger charge is -2.26. The summed E-state index contributed by atoms with van der Waals surface area (Å²) < 4.78 is 5.91. The van der Waals surface area contributed by atoms with Crippen LogP contribution in [0.2, 0.25) is 0 Å². The van der Waals surface area contributed by atoms with E-state index in [1.807, 2.05) is 17.0 Å². The Morgan fingerprint density at radius 3 is 2.95 bits per heavy atom. The molecule has 0 N–H and O–H groups in total. The molecule has 2 rings (SSSR count). The lowest BCUT2D eigenvalue weighted by molar-refractivity contribution is 0.0763. The van der Waals surface area contributed by atoms with E-state index in [4.69, 9.17) is 4.74 Å². The maximum atomic E-state index is 12.4. The second-order valence-electron chi connectivity index (χ2n) is 4.46. The van der Waals surface area contributed by atoms with E-state index in [0.717, 1.165) is 22.3 Å². The number of ether oxygens (including phenoxy) is 1. The first kappa shape index (κ1) is 14.6. The number of amides is 1. The van der Waals surface area contributed by atoms with Crippen LogP contribution in [-0.4, -0.2) is 37.6 Å². The van der Waals surface area contributed by atoms with Crippen LogP contribution in [0.3, 0.4) is 0 Å². The number of carbonyl (C=O) groups is 1. The minimum Gasteiger partial charge on any atom is -0.380 e. The van der Waals surface area contributed by atoms with E-state index in [1.165, 1.54) is 5.57 Å². The first-order chi connectivity index (χ1) is 9.11. The van der Waals surface area contributed by atoms with E-state index in [9.17, 15) is 4.79 Å². The van der Waals surface area contributed by atoms with Gasteiger partial charge in [-0.3, -0.25) is 4.79 Å². The fourth-order valence-electron chi connectivity index (χ4n) is 2.06. The highest BCUT2D eigenvalue weighted by Gasteiger charge is 2.20. The van der Waals surface area contributed by atoms with Gasteiger partial charge in [0.25, 0.3) is 5.91 Å². The van der Waals surface area contributed by atoms with Crippen molar-refractivity contribution in [1.82, 2.24) is 4.90 Å². The van der Waals surface area contributed by atoms with Crippen molar-refractivity contribution in [2.24, 2.45) is 0 Å². The van der Waals surface area contributed by atoms with Gasteiger partial charge < -0.3 is 9.64 Å². The minimum absolute atomic E-state index is 0.0375. The normalized spacial score (nSPS) is 15.3. The van der Waals surface area contributed by atoms with Gasteiger partial charge in [-0.1, -0.05) is 6.08 Å². The number of thiol groups is 1. The molecule has 0 aromatic heterocycles. The zero-order valence-corrected chi connectivity index (χ0v) is 13.2. The van der Waals surface area contributed by atoms with Crippen LogP contribution in [-0.2, 0) is 4.74 Å². The van der Waals surface area contributed by atoms with Crippen molar-refractivity contribution in [3.05, 3.63) is 39.9 Å². The van der Waals surface area contributed by atoms with Crippen molar-refractivity contribution in [3.63, 3.8) is 0 Å². The van der Waals surface area contributed by atoms with Gasteiger partial charge in [0, 0.05) is 29.6 Å². The summed E-state index contributed by atoms with van der Waals surface area (Å²) in [5, 5.41) is 0. The molecule has 0 spiro atoms. The van der Waals surface area contributed by atoms with Crippen LogP contribution in [0.25, 0.3) is 0 Å². The maximum Gasteiger partial charge on any atom is 0.255 e. The third-order valence-corrected chi connectivity index (χ3v) is 4.07. The zero-order valence-electron chi connectivity index (χ0n) is 10.7. The van der Waals surface area contributed by atoms with Crippen LogP contribution in [0.4, 0.5) is 0 Å². The van der Waals surface area contributed by atoms with Crippen LogP contribution in [0.15, 0.2) is 39.2 Å². The number of hydrogen-bond donors (Lipinski definition) is 1. The number of nitrogens with zero attached hydrogens (tertiary/aromatic N) is 1. The highest BCUT2D eigenvalue weighted by atomic mass is 79.9. The predicted octanol–water partition coefficient (Wildman–Crippen LogP) is 3.16. The second kappa shape index (κ2) is 6.59. The average Bonchev–Trinajstić information content (AvgIpc) is 2.42. The van der Waals surface area contributed by atoms with Crippen molar-refractivity contribution in [2.45, 2.75) is 11.3 Å². The van der Waals surface area contributed by atoms with Crippen molar-refractivity contribution >= 4 is 34.5 Å². The third kappa shape index (κ3) is 3.61. The van der Waals surface area contributed by atoms with E-state index >= 15 is 0 Å². The second-order valence-corrected chi connectivity index (χ2v) is 5.83. The van der Waals surface area contributed by atoms with Crippen LogP contribution < -0.4 is 0 Å². The van der Waals surface area contributed by atoms with E-state index in [2.05, 4.69) is 34.6 Å². The van der Waals surface area contributed by atoms with E-state index in [1.54, 1.807) is 13.2 Å². The van der Waals surface area contributed by atoms with Crippen molar-refractivity contribution in [2.75, 3.05) is 26.8 Å². The minimum atomic E-state index is 0.0375. The van der Waals surface area contributed by atoms with Crippen molar-refractivity contribution in [3.8, 4) is 0 Å². The Hall–Kier alpha value is -0.780. The van der Waals surface area contributed by atoms with Gasteiger partial charge in [-0.2, -0.15) is 0 Å². The molecule has 19 heavy (non-hydrogen) atoms. The first-order valence-corrected chi connectivity index (χ1v) is 7.30. The molecular formula is C14H16BrNO2S. The van der Waals surface area contributed by atoms with Gasteiger partial charge in [-0.25, -0.2) is 0 Å². The van der Waals surface area contributed by atoms with Crippen LogP contribution >= 0.6 is 28.6 Å². The summed E-state index contributed by atoms with van der Waals surface area (Å²) in [6.07, 6.45) is 2.95. The van der Waals surface area contributed by atoms with Crippen molar-refractivity contribution in [1.29, 1.82) is 0 Å². The Morgan fingerprint density at radius 1 is 1.53 bits per heavy atom. The highest BCUT2D eigenvalue weighted by Crippen LogP contribution is 2.23. The number of halogens is 1. The lowest BCUT2D eigenvalue weighted by Crippen LogP contribution is -2.35. The van der Waals surface area contributed by atoms with Gasteiger partial charge in [0.05, 0.1) is 12.2 Å². The van der Waals surface area contributed by atoms with E-state index in [0.29, 0.717) is 18.7 Å². The molecule has 1 aromatic rings. The number of hydrogen-bond acceptors (Lipinski definition) is 3. The Kier molecular flexibility index (Phi) is 5.07. The molecule has 102 valence electrons. The fourth-order valence-corrected chi connectivity index (χ4v) is 2.68. The summed E-state index contributed by atoms with van der Waals surface area (Å²) in [7, 11) is 1.69. The number of carbonyl (C=O) groups excluding carboxylic acids is 1. The Bertz CT molecular complexity index is 516. The topological polar surface area (TPSA) is 29.5 Å². The largest absolute Gasteiger partial charge is 0.380 e. The van der Waals surface area contributed by atoms with Gasteiger partial charge in [0.1, 0.15) is 0 Å². The molecule has 1 aromatic carbocycles. The quantitative estimate of drug-likeness (QED) is 0.676. The maximum absolute atomic E-state index is 12.4. The molecule has 1 aliphatic heterocycles. The van der Waals surface area contributed by atoms with Gasteiger partial charge in [-0.05, 0) is 46.1 Å². The Balaban J connectivity index is 2.11. The fraction of sp³-hybridized carbons (Fsp3) is 0.357. The molecule has 1 amide bonds. The molecule has 0 radical (unpaired) electrons. The number of methoxy groups -OCH3 is 1. The molecule has 0 saturated heterocycles. The zero-order chi connectivity index (χ0) is 13.8.